The molecule has 1 aliphatic carbocycles. The molecule has 1 amide bonds. The number of carboxylic acid groups (broad SMARTS) is 1. The summed E-state index contributed by atoms with van der Waals surface area (Å²) in [5, 5.41) is 11.7. The van der Waals surface area contributed by atoms with Gasteiger partial charge in [-0.15, -0.1) is 0 Å². The van der Waals surface area contributed by atoms with Crippen molar-refractivity contribution >= 4 is 12.1 Å². The molecule has 0 bridgehead atoms. The Balaban J connectivity index is 2.51. The number of carbonyl (C=O) groups excluding carboxylic acids is 1. The zero-order valence-corrected chi connectivity index (χ0v) is 11.0. The third-order valence-electron chi connectivity index (χ3n) is 3.26. The summed E-state index contributed by atoms with van der Waals surface area (Å²) in [6.07, 6.45) is -0.0268. The lowest BCUT2D eigenvalue weighted by Crippen LogP contribution is -2.60. The number of carboxylic acids is 1. The van der Waals surface area contributed by atoms with E-state index in [-0.39, 0.29) is 6.04 Å². The monoisotopic (exact) mass is 243 g/mol. The molecule has 0 aliphatic heterocycles. The van der Waals surface area contributed by atoms with Crippen LogP contribution in [-0.2, 0) is 9.53 Å². The molecule has 1 aliphatic rings. The highest BCUT2D eigenvalue weighted by Crippen LogP contribution is 2.46. The van der Waals surface area contributed by atoms with E-state index in [1.165, 1.54) is 0 Å². The fourth-order valence-corrected chi connectivity index (χ4v) is 2.04. The Morgan fingerprint density at radius 1 is 1.35 bits per heavy atom. The van der Waals surface area contributed by atoms with Gasteiger partial charge in [0.15, 0.2) is 0 Å². The van der Waals surface area contributed by atoms with Gasteiger partial charge in [-0.25, -0.2) is 4.79 Å². The predicted octanol–water partition coefficient (Wildman–Crippen LogP) is 2.01. The second-order valence-electron chi connectivity index (χ2n) is 6.15. The Morgan fingerprint density at radius 2 is 1.88 bits per heavy atom. The maximum absolute atomic E-state index is 11.5. The Bertz CT molecular complexity index is 330. The summed E-state index contributed by atoms with van der Waals surface area (Å²) in [5.41, 5.74) is -0.965. The normalized spacial score (nSPS) is 26.9. The molecule has 2 N–H and O–H groups in total. The number of rotatable bonds is 2. The summed E-state index contributed by atoms with van der Waals surface area (Å²) in [6, 6.07) is -0.140. The number of amides is 1. The number of alkyl carbamates (subject to hydrolysis) is 1. The standard InChI is InChI=1S/C12H21NO4/c1-11(2,3)17-10(16)13-8-6-7(9(14)15)12(8,4)5/h7-8H,6H2,1-5H3,(H,13,16)(H,14,15). The Hall–Kier alpha value is -1.26. The number of carbonyl (C=O) groups is 2. The number of nitrogens with one attached hydrogen (secondary N) is 1. The molecule has 2 atom stereocenters. The lowest BCUT2D eigenvalue weighted by Gasteiger charge is -2.49. The molecule has 1 fully saturated rings. The van der Waals surface area contributed by atoms with Gasteiger partial charge < -0.3 is 15.2 Å². The summed E-state index contributed by atoms with van der Waals surface area (Å²) in [5.74, 6) is -1.21. The van der Waals surface area contributed by atoms with Crippen LogP contribution in [0, 0.1) is 11.3 Å². The quantitative estimate of drug-likeness (QED) is 0.778. The van der Waals surface area contributed by atoms with Gasteiger partial charge in [0.25, 0.3) is 0 Å². The lowest BCUT2D eigenvalue weighted by molar-refractivity contribution is -0.155. The summed E-state index contributed by atoms with van der Waals surface area (Å²) in [4.78, 5) is 22.5. The van der Waals surface area contributed by atoms with Crippen LogP contribution in [0.2, 0.25) is 0 Å². The van der Waals surface area contributed by atoms with Gasteiger partial charge in [0.2, 0.25) is 0 Å². The number of hydrogen-bond donors (Lipinski definition) is 2. The summed E-state index contributed by atoms with van der Waals surface area (Å²) >= 11 is 0. The van der Waals surface area contributed by atoms with Crippen LogP contribution < -0.4 is 5.32 Å². The van der Waals surface area contributed by atoms with Gasteiger partial charge in [-0.2, -0.15) is 0 Å². The highest BCUT2D eigenvalue weighted by Gasteiger charge is 2.52. The molecule has 5 nitrogen and oxygen atoms in total. The van der Waals surface area contributed by atoms with Crippen LogP contribution in [0.5, 0.6) is 0 Å². The highest BCUT2D eigenvalue weighted by molar-refractivity contribution is 5.74. The maximum Gasteiger partial charge on any atom is 0.407 e. The molecule has 0 heterocycles. The second-order valence-corrected chi connectivity index (χ2v) is 6.15. The summed E-state index contributed by atoms with van der Waals surface area (Å²) in [6.45, 7) is 9.06. The maximum atomic E-state index is 11.5. The van der Waals surface area contributed by atoms with Gasteiger partial charge in [0, 0.05) is 6.04 Å². The zero-order chi connectivity index (χ0) is 13.4. The van der Waals surface area contributed by atoms with E-state index in [9.17, 15) is 9.59 Å². The first-order chi connectivity index (χ1) is 7.54. The van der Waals surface area contributed by atoms with Crippen molar-refractivity contribution in [3.63, 3.8) is 0 Å². The Kier molecular flexibility index (Phi) is 3.41. The molecule has 0 aromatic heterocycles. The molecule has 17 heavy (non-hydrogen) atoms. The van der Waals surface area contributed by atoms with E-state index in [0.717, 1.165) is 0 Å². The molecular formula is C12H21NO4. The minimum absolute atomic E-state index is 0.140. The van der Waals surface area contributed by atoms with Gasteiger partial charge in [-0.05, 0) is 32.6 Å². The molecule has 0 saturated heterocycles. The third kappa shape index (κ3) is 3.11. The number of aliphatic carboxylic acids is 1. The van der Waals surface area contributed by atoms with Crippen LogP contribution in [0.25, 0.3) is 0 Å². The first-order valence-electron chi connectivity index (χ1n) is 5.76. The van der Waals surface area contributed by atoms with Gasteiger partial charge in [0.05, 0.1) is 5.92 Å². The van der Waals surface area contributed by atoms with Crippen LogP contribution in [0.3, 0.4) is 0 Å². The van der Waals surface area contributed by atoms with E-state index in [2.05, 4.69) is 5.32 Å². The molecule has 1 saturated carbocycles. The molecular weight excluding hydrogens is 222 g/mol. The van der Waals surface area contributed by atoms with Crippen LogP contribution in [0.15, 0.2) is 0 Å². The van der Waals surface area contributed by atoms with Gasteiger partial charge in [-0.1, -0.05) is 13.8 Å². The molecule has 1 rings (SSSR count). The van der Waals surface area contributed by atoms with E-state index in [0.29, 0.717) is 6.42 Å². The predicted molar refractivity (Wildman–Crippen MR) is 62.7 cm³/mol. The smallest absolute Gasteiger partial charge is 0.407 e. The number of ether oxygens (including phenoxy) is 1. The van der Waals surface area contributed by atoms with Gasteiger partial charge in [-0.3, -0.25) is 4.79 Å². The van der Waals surface area contributed by atoms with E-state index in [1.807, 2.05) is 13.8 Å². The molecule has 0 spiro atoms. The molecule has 5 heteroatoms. The van der Waals surface area contributed by atoms with Crippen molar-refractivity contribution in [3.05, 3.63) is 0 Å². The van der Waals surface area contributed by atoms with Crippen molar-refractivity contribution in [2.24, 2.45) is 11.3 Å². The lowest BCUT2D eigenvalue weighted by atomic mass is 9.58. The molecule has 2 unspecified atom stereocenters. The van der Waals surface area contributed by atoms with Crippen molar-refractivity contribution in [2.75, 3.05) is 0 Å². The first-order valence-corrected chi connectivity index (χ1v) is 5.76. The highest BCUT2D eigenvalue weighted by atomic mass is 16.6. The first kappa shape index (κ1) is 13.8. The third-order valence-corrected chi connectivity index (χ3v) is 3.26. The van der Waals surface area contributed by atoms with Crippen molar-refractivity contribution in [1.29, 1.82) is 0 Å². The van der Waals surface area contributed by atoms with Crippen molar-refractivity contribution in [3.8, 4) is 0 Å². The van der Waals surface area contributed by atoms with Crippen molar-refractivity contribution < 1.29 is 19.4 Å². The Labute approximate surface area is 102 Å². The molecule has 0 aromatic carbocycles. The van der Waals surface area contributed by atoms with E-state index < -0.39 is 29.0 Å². The minimum Gasteiger partial charge on any atom is -0.481 e. The minimum atomic E-state index is -0.808. The molecule has 0 aromatic rings. The summed E-state index contributed by atoms with van der Waals surface area (Å²) in [7, 11) is 0. The largest absolute Gasteiger partial charge is 0.481 e. The van der Waals surface area contributed by atoms with Crippen molar-refractivity contribution in [1.82, 2.24) is 5.32 Å². The zero-order valence-electron chi connectivity index (χ0n) is 11.0. The topological polar surface area (TPSA) is 75.6 Å². The van der Waals surface area contributed by atoms with Crippen molar-refractivity contribution in [2.45, 2.75) is 52.7 Å². The van der Waals surface area contributed by atoms with E-state index >= 15 is 0 Å². The van der Waals surface area contributed by atoms with E-state index in [1.54, 1.807) is 20.8 Å². The van der Waals surface area contributed by atoms with Gasteiger partial charge >= 0.3 is 12.1 Å². The average molecular weight is 243 g/mol. The second kappa shape index (κ2) is 4.20. The van der Waals surface area contributed by atoms with Crippen LogP contribution in [0.1, 0.15) is 41.0 Å². The fraction of sp³-hybridized carbons (Fsp3) is 0.833. The number of hydrogen-bond acceptors (Lipinski definition) is 3. The molecule has 98 valence electrons. The summed E-state index contributed by atoms with van der Waals surface area (Å²) < 4.78 is 5.14. The Morgan fingerprint density at radius 3 is 2.24 bits per heavy atom. The average Bonchev–Trinajstić information content (AvgIpc) is 2.07. The molecule has 0 radical (unpaired) electrons. The van der Waals surface area contributed by atoms with Gasteiger partial charge in [0.1, 0.15) is 5.60 Å². The van der Waals surface area contributed by atoms with E-state index in [4.69, 9.17) is 9.84 Å². The SMILES string of the molecule is CC(C)(C)OC(=O)NC1CC(C(=O)O)C1(C)C. The van der Waals surface area contributed by atoms with Crippen LogP contribution in [0.4, 0.5) is 4.79 Å². The fourth-order valence-electron chi connectivity index (χ4n) is 2.04. The van der Waals surface area contributed by atoms with Crippen LogP contribution >= 0.6 is 0 Å². The van der Waals surface area contributed by atoms with Crippen LogP contribution in [-0.4, -0.2) is 28.8 Å².